The third kappa shape index (κ3) is 2.13. The first-order valence-corrected chi connectivity index (χ1v) is 6.78. The van der Waals surface area contributed by atoms with Crippen molar-refractivity contribution in [1.29, 1.82) is 0 Å². The van der Waals surface area contributed by atoms with Crippen molar-refractivity contribution in [3.05, 3.63) is 28.1 Å². The first-order valence-electron chi connectivity index (χ1n) is 5.96. The fourth-order valence-electron chi connectivity index (χ4n) is 2.30. The second-order valence-electron chi connectivity index (χ2n) is 4.68. The molecule has 0 amide bonds. The fourth-order valence-corrected chi connectivity index (χ4v) is 3.04. The van der Waals surface area contributed by atoms with Crippen LogP contribution in [0.1, 0.15) is 31.5 Å². The number of aromatic nitrogens is 2. The van der Waals surface area contributed by atoms with Crippen molar-refractivity contribution < 1.29 is 9.45 Å². The van der Waals surface area contributed by atoms with Crippen LogP contribution in [0.15, 0.2) is 16.7 Å². The maximum atomic E-state index is 10.6. The Morgan fingerprint density at radius 3 is 2.79 bits per heavy atom. The second kappa shape index (κ2) is 4.39. The molecule has 19 heavy (non-hydrogen) atoms. The van der Waals surface area contributed by atoms with Gasteiger partial charge in [0.05, 0.1) is 15.3 Å². The maximum Gasteiger partial charge on any atom is 0.324 e. The molecule has 0 aromatic carbocycles. The molecule has 0 unspecified atom stereocenters. The first kappa shape index (κ1) is 12.2. The van der Waals surface area contributed by atoms with Gasteiger partial charge in [0, 0.05) is 6.07 Å². The van der Waals surface area contributed by atoms with Gasteiger partial charge in [0.2, 0.25) is 0 Å². The van der Waals surface area contributed by atoms with E-state index in [0.29, 0.717) is 16.6 Å². The molecule has 2 aromatic rings. The van der Waals surface area contributed by atoms with E-state index >= 15 is 0 Å². The van der Waals surface area contributed by atoms with Crippen molar-refractivity contribution >= 4 is 16.3 Å². The standard InChI is InChI=1S/C11H12N4O3S/c12-11(5-1-2-6-11)10-13-9(18-14-10)7-3-4-8(19-7)15(16)17/h3-4H,1-2,5-6,12H2. The Kier molecular flexibility index (Phi) is 2.83. The summed E-state index contributed by atoms with van der Waals surface area (Å²) in [6, 6.07) is 3.04. The van der Waals surface area contributed by atoms with Crippen LogP contribution >= 0.6 is 11.3 Å². The average molecular weight is 280 g/mol. The molecule has 7 nitrogen and oxygen atoms in total. The minimum atomic E-state index is -0.509. The van der Waals surface area contributed by atoms with E-state index < -0.39 is 10.5 Å². The molecular weight excluding hydrogens is 268 g/mol. The molecule has 100 valence electrons. The number of hydrogen-bond donors (Lipinski definition) is 1. The summed E-state index contributed by atoms with van der Waals surface area (Å²) in [5.41, 5.74) is 5.73. The minimum absolute atomic E-state index is 0.0538. The Morgan fingerprint density at radius 1 is 1.42 bits per heavy atom. The van der Waals surface area contributed by atoms with Crippen molar-refractivity contribution in [3.63, 3.8) is 0 Å². The van der Waals surface area contributed by atoms with Gasteiger partial charge in [0.15, 0.2) is 5.82 Å². The van der Waals surface area contributed by atoms with Crippen LogP contribution in [0.3, 0.4) is 0 Å². The molecule has 2 N–H and O–H groups in total. The van der Waals surface area contributed by atoms with Crippen LogP contribution in [0, 0.1) is 10.1 Å². The number of hydrogen-bond acceptors (Lipinski definition) is 7. The van der Waals surface area contributed by atoms with Gasteiger partial charge in [-0.3, -0.25) is 10.1 Å². The van der Waals surface area contributed by atoms with E-state index in [2.05, 4.69) is 10.1 Å². The predicted octanol–water partition coefficient (Wildman–Crippen LogP) is 2.43. The van der Waals surface area contributed by atoms with Crippen LogP contribution in [0.25, 0.3) is 10.8 Å². The molecule has 1 aliphatic carbocycles. The normalized spacial score (nSPS) is 17.7. The van der Waals surface area contributed by atoms with Crippen LogP contribution in [0.5, 0.6) is 0 Å². The molecule has 2 aromatic heterocycles. The number of nitro groups is 1. The van der Waals surface area contributed by atoms with Crippen LogP contribution < -0.4 is 5.73 Å². The average Bonchev–Trinajstić information content (AvgIpc) is 3.08. The van der Waals surface area contributed by atoms with E-state index in [4.69, 9.17) is 10.3 Å². The molecule has 8 heteroatoms. The molecule has 1 saturated carbocycles. The minimum Gasteiger partial charge on any atom is -0.333 e. The lowest BCUT2D eigenvalue weighted by molar-refractivity contribution is -0.380. The van der Waals surface area contributed by atoms with E-state index in [1.165, 1.54) is 6.07 Å². The highest BCUT2D eigenvalue weighted by molar-refractivity contribution is 7.18. The monoisotopic (exact) mass is 280 g/mol. The lowest BCUT2D eigenvalue weighted by Crippen LogP contribution is -2.34. The number of nitrogens with zero attached hydrogens (tertiary/aromatic N) is 3. The highest BCUT2D eigenvalue weighted by Crippen LogP contribution is 2.37. The topological polar surface area (TPSA) is 108 Å². The highest BCUT2D eigenvalue weighted by atomic mass is 32.1. The molecule has 3 rings (SSSR count). The fraction of sp³-hybridized carbons (Fsp3) is 0.455. The van der Waals surface area contributed by atoms with Gasteiger partial charge in [-0.15, -0.1) is 0 Å². The lowest BCUT2D eigenvalue weighted by atomic mass is 9.99. The van der Waals surface area contributed by atoms with Gasteiger partial charge in [-0.05, 0) is 18.9 Å². The first-order chi connectivity index (χ1) is 9.08. The Balaban J connectivity index is 1.90. The number of thiophene rings is 1. The third-order valence-corrected chi connectivity index (χ3v) is 4.37. The highest BCUT2D eigenvalue weighted by Gasteiger charge is 2.36. The Labute approximate surface area is 112 Å². The van der Waals surface area contributed by atoms with E-state index in [1.54, 1.807) is 6.07 Å². The van der Waals surface area contributed by atoms with Crippen molar-refractivity contribution in [2.75, 3.05) is 0 Å². The molecule has 0 spiro atoms. The zero-order valence-electron chi connectivity index (χ0n) is 10.0. The Morgan fingerprint density at radius 2 is 2.16 bits per heavy atom. The molecule has 1 aliphatic rings. The largest absolute Gasteiger partial charge is 0.333 e. The van der Waals surface area contributed by atoms with Crippen molar-refractivity contribution in [2.45, 2.75) is 31.2 Å². The SMILES string of the molecule is NC1(c2noc(-c3ccc([N+](=O)[O-])s3)n2)CCCC1. The molecule has 2 heterocycles. The van der Waals surface area contributed by atoms with Crippen LogP contribution in [0.2, 0.25) is 0 Å². The molecule has 0 radical (unpaired) electrons. The molecular formula is C11H12N4O3S. The summed E-state index contributed by atoms with van der Waals surface area (Å²) in [6.07, 6.45) is 3.81. The summed E-state index contributed by atoms with van der Waals surface area (Å²) >= 11 is 1.01. The van der Waals surface area contributed by atoms with Crippen molar-refractivity contribution in [1.82, 2.24) is 10.1 Å². The van der Waals surface area contributed by atoms with Crippen LogP contribution in [-0.4, -0.2) is 15.1 Å². The molecule has 1 fully saturated rings. The second-order valence-corrected chi connectivity index (χ2v) is 5.74. The van der Waals surface area contributed by atoms with Crippen molar-refractivity contribution in [2.24, 2.45) is 5.73 Å². The Bertz CT molecular complexity index is 615. The summed E-state index contributed by atoms with van der Waals surface area (Å²) in [6.45, 7) is 0. The van der Waals surface area contributed by atoms with E-state index in [0.717, 1.165) is 37.0 Å². The van der Waals surface area contributed by atoms with Gasteiger partial charge < -0.3 is 10.3 Å². The number of nitrogens with two attached hydrogens (primary N) is 1. The Hall–Kier alpha value is -1.80. The molecule has 0 bridgehead atoms. The number of rotatable bonds is 3. The summed E-state index contributed by atoms with van der Waals surface area (Å²) < 4.78 is 5.17. The van der Waals surface area contributed by atoms with Gasteiger partial charge in [0.1, 0.15) is 0 Å². The van der Waals surface area contributed by atoms with Crippen molar-refractivity contribution in [3.8, 4) is 10.8 Å². The summed E-state index contributed by atoms with van der Waals surface area (Å²) in [7, 11) is 0. The van der Waals surface area contributed by atoms with Gasteiger partial charge in [-0.25, -0.2) is 0 Å². The lowest BCUT2D eigenvalue weighted by Gasteiger charge is -2.17. The molecule has 0 saturated heterocycles. The van der Waals surface area contributed by atoms with E-state index in [9.17, 15) is 10.1 Å². The van der Waals surface area contributed by atoms with E-state index in [-0.39, 0.29) is 5.00 Å². The van der Waals surface area contributed by atoms with Gasteiger partial charge in [-0.1, -0.05) is 29.3 Å². The third-order valence-electron chi connectivity index (χ3n) is 3.35. The molecule has 0 aliphatic heterocycles. The summed E-state index contributed by atoms with van der Waals surface area (Å²) in [4.78, 5) is 15.1. The zero-order chi connectivity index (χ0) is 13.5. The molecule has 0 atom stereocenters. The van der Waals surface area contributed by atoms with Crippen LogP contribution in [-0.2, 0) is 5.54 Å². The van der Waals surface area contributed by atoms with Gasteiger partial charge in [-0.2, -0.15) is 4.98 Å². The summed E-state index contributed by atoms with van der Waals surface area (Å²) in [5.74, 6) is 0.792. The van der Waals surface area contributed by atoms with Gasteiger partial charge in [0.25, 0.3) is 5.89 Å². The van der Waals surface area contributed by atoms with Gasteiger partial charge >= 0.3 is 5.00 Å². The van der Waals surface area contributed by atoms with E-state index in [1.807, 2.05) is 0 Å². The zero-order valence-corrected chi connectivity index (χ0v) is 10.9. The maximum absolute atomic E-state index is 10.6. The quantitative estimate of drug-likeness (QED) is 0.683. The predicted molar refractivity (Wildman–Crippen MR) is 68.6 cm³/mol. The van der Waals surface area contributed by atoms with Crippen LogP contribution in [0.4, 0.5) is 5.00 Å². The summed E-state index contributed by atoms with van der Waals surface area (Å²) in [5, 5.41) is 14.6. The smallest absolute Gasteiger partial charge is 0.324 e.